The third-order valence-electron chi connectivity index (χ3n) is 3.65. The number of nitrogens with one attached hydrogen (secondary N) is 1. The molecule has 0 aromatic rings. The molecule has 1 atom stereocenters. The maximum atomic E-state index is 11.8. The van der Waals surface area contributed by atoms with Crippen molar-refractivity contribution >= 4 is 15.7 Å². The molecule has 1 amide bonds. The lowest BCUT2D eigenvalue weighted by Gasteiger charge is -2.27. The summed E-state index contributed by atoms with van der Waals surface area (Å²) in [6, 6.07) is 0.106. The van der Waals surface area contributed by atoms with Gasteiger partial charge in [0.2, 0.25) is 5.91 Å². The number of rotatable bonds is 2. The van der Waals surface area contributed by atoms with Crippen LogP contribution >= 0.6 is 0 Å². The molecule has 2 rings (SSSR count). The Bertz CT molecular complexity index is 384. The van der Waals surface area contributed by atoms with E-state index in [-0.39, 0.29) is 35.5 Å². The van der Waals surface area contributed by atoms with Crippen LogP contribution in [-0.4, -0.2) is 43.1 Å². The Labute approximate surface area is 102 Å². The minimum atomic E-state index is -2.99. The largest absolute Gasteiger partial charge is 0.393 e. The predicted molar refractivity (Wildman–Crippen MR) is 63.2 cm³/mol. The van der Waals surface area contributed by atoms with Gasteiger partial charge in [0.15, 0.2) is 9.84 Å². The molecule has 5 nitrogen and oxygen atoms in total. The van der Waals surface area contributed by atoms with Crippen molar-refractivity contribution in [3.8, 4) is 0 Å². The van der Waals surface area contributed by atoms with Gasteiger partial charge in [-0.25, -0.2) is 8.42 Å². The quantitative estimate of drug-likeness (QED) is 0.723. The molecule has 0 spiro atoms. The third-order valence-corrected chi connectivity index (χ3v) is 5.41. The molecule has 0 aromatic heterocycles. The summed E-state index contributed by atoms with van der Waals surface area (Å²) in [7, 11) is -2.99. The summed E-state index contributed by atoms with van der Waals surface area (Å²) in [6.45, 7) is 0. The van der Waals surface area contributed by atoms with Crippen molar-refractivity contribution in [3.05, 3.63) is 0 Å². The number of sulfone groups is 1. The van der Waals surface area contributed by atoms with E-state index in [1.54, 1.807) is 0 Å². The molecule has 1 aliphatic heterocycles. The van der Waals surface area contributed by atoms with E-state index in [0.717, 1.165) is 12.8 Å². The number of hydrogen-bond acceptors (Lipinski definition) is 4. The normalized spacial score (nSPS) is 36.6. The van der Waals surface area contributed by atoms with Crippen LogP contribution in [0.3, 0.4) is 0 Å². The molecular weight excluding hydrogens is 242 g/mol. The zero-order valence-corrected chi connectivity index (χ0v) is 10.6. The maximum absolute atomic E-state index is 11.8. The van der Waals surface area contributed by atoms with E-state index in [2.05, 4.69) is 5.32 Å². The van der Waals surface area contributed by atoms with E-state index in [0.29, 0.717) is 19.3 Å². The Kier molecular flexibility index (Phi) is 3.73. The molecule has 1 aliphatic carbocycles. The smallest absolute Gasteiger partial charge is 0.224 e. The van der Waals surface area contributed by atoms with Crippen LogP contribution in [0.4, 0.5) is 0 Å². The first-order valence-corrected chi connectivity index (χ1v) is 7.97. The first-order chi connectivity index (χ1) is 7.96. The average Bonchev–Trinajstić information content (AvgIpc) is 2.62. The lowest BCUT2D eigenvalue weighted by atomic mass is 9.92. The van der Waals surface area contributed by atoms with E-state index in [1.807, 2.05) is 0 Å². The Morgan fingerprint density at radius 3 is 2.29 bits per heavy atom. The predicted octanol–water partition coefficient (Wildman–Crippen LogP) is -0.159. The van der Waals surface area contributed by atoms with Crippen LogP contribution in [0.25, 0.3) is 0 Å². The summed E-state index contributed by atoms with van der Waals surface area (Å²) in [5.74, 6) is -0.373. The molecule has 1 saturated carbocycles. The second-order valence-electron chi connectivity index (χ2n) is 5.11. The molecular formula is C11H19NO4S. The monoisotopic (exact) mass is 261 g/mol. The van der Waals surface area contributed by atoms with Gasteiger partial charge >= 0.3 is 0 Å². The lowest BCUT2D eigenvalue weighted by molar-refractivity contribution is -0.125. The number of aliphatic hydroxyl groups is 1. The number of hydrogen-bond donors (Lipinski definition) is 2. The first-order valence-electron chi connectivity index (χ1n) is 6.15. The summed E-state index contributed by atoms with van der Waals surface area (Å²) >= 11 is 0. The Morgan fingerprint density at radius 1 is 1.12 bits per heavy atom. The van der Waals surface area contributed by atoms with Crippen LogP contribution in [0, 0.1) is 5.92 Å². The summed E-state index contributed by atoms with van der Waals surface area (Å²) in [4.78, 5) is 11.8. The summed E-state index contributed by atoms with van der Waals surface area (Å²) in [5.41, 5.74) is 0. The van der Waals surface area contributed by atoms with Gasteiger partial charge in [-0.15, -0.1) is 0 Å². The van der Waals surface area contributed by atoms with E-state index in [4.69, 9.17) is 0 Å². The van der Waals surface area contributed by atoms with E-state index in [9.17, 15) is 18.3 Å². The van der Waals surface area contributed by atoms with Crippen molar-refractivity contribution in [3.63, 3.8) is 0 Å². The first kappa shape index (κ1) is 12.8. The Balaban J connectivity index is 1.82. The highest BCUT2D eigenvalue weighted by molar-refractivity contribution is 7.91. The van der Waals surface area contributed by atoms with Gasteiger partial charge < -0.3 is 10.4 Å². The van der Waals surface area contributed by atoms with Gasteiger partial charge in [-0.05, 0) is 32.1 Å². The van der Waals surface area contributed by atoms with E-state index < -0.39 is 9.84 Å². The highest BCUT2D eigenvalue weighted by Gasteiger charge is 2.34. The van der Waals surface area contributed by atoms with Gasteiger partial charge in [0.05, 0.1) is 23.5 Å². The van der Waals surface area contributed by atoms with Crippen LogP contribution in [0.5, 0.6) is 0 Å². The molecule has 0 radical (unpaired) electrons. The topological polar surface area (TPSA) is 83.5 Å². The number of carbonyl (C=O) groups is 1. The standard InChI is InChI=1S/C11H19NO4S/c13-10-3-1-9(2-4-10)12-11(14)8-5-6-17(15,16)7-8/h8-10,13H,1-7H2,(H,12,14)/t8-,9?,10?/m0/s1. The second-order valence-corrected chi connectivity index (χ2v) is 7.34. The fourth-order valence-corrected chi connectivity index (χ4v) is 4.28. The molecule has 6 heteroatoms. The minimum absolute atomic E-state index is 0.00578. The second kappa shape index (κ2) is 4.94. The molecule has 17 heavy (non-hydrogen) atoms. The van der Waals surface area contributed by atoms with Crippen molar-refractivity contribution in [2.75, 3.05) is 11.5 Å². The third kappa shape index (κ3) is 3.42. The van der Waals surface area contributed by atoms with Gasteiger partial charge in [-0.3, -0.25) is 4.79 Å². The van der Waals surface area contributed by atoms with Crippen LogP contribution in [0.1, 0.15) is 32.1 Å². The molecule has 1 heterocycles. The number of amides is 1. The Morgan fingerprint density at radius 2 is 1.76 bits per heavy atom. The minimum Gasteiger partial charge on any atom is -0.393 e. The molecule has 2 N–H and O–H groups in total. The van der Waals surface area contributed by atoms with Gasteiger partial charge in [0.1, 0.15) is 0 Å². The van der Waals surface area contributed by atoms with E-state index in [1.165, 1.54) is 0 Å². The van der Waals surface area contributed by atoms with Crippen molar-refractivity contribution in [1.82, 2.24) is 5.32 Å². The molecule has 1 saturated heterocycles. The zero-order chi connectivity index (χ0) is 12.5. The average molecular weight is 261 g/mol. The molecule has 0 unspecified atom stereocenters. The molecule has 98 valence electrons. The molecule has 2 aliphatic rings. The van der Waals surface area contributed by atoms with E-state index >= 15 is 0 Å². The molecule has 2 fully saturated rings. The molecule has 0 aromatic carbocycles. The number of aliphatic hydroxyl groups excluding tert-OH is 1. The van der Waals surface area contributed by atoms with Gasteiger partial charge in [0.25, 0.3) is 0 Å². The van der Waals surface area contributed by atoms with Crippen LogP contribution in [-0.2, 0) is 14.6 Å². The fourth-order valence-electron chi connectivity index (χ4n) is 2.54. The van der Waals surface area contributed by atoms with Crippen molar-refractivity contribution in [1.29, 1.82) is 0 Å². The maximum Gasteiger partial charge on any atom is 0.224 e. The summed E-state index contributed by atoms with van der Waals surface area (Å²) in [5, 5.41) is 12.3. The van der Waals surface area contributed by atoms with Crippen LogP contribution in [0.2, 0.25) is 0 Å². The van der Waals surface area contributed by atoms with Gasteiger partial charge in [-0.1, -0.05) is 0 Å². The lowest BCUT2D eigenvalue weighted by Crippen LogP contribution is -2.41. The summed E-state index contributed by atoms with van der Waals surface area (Å²) < 4.78 is 22.5. The number of carbonyl (C=O) groups excluding carboxylic acids is 1. The van der Waals surface area contributed by atoms with Crippen molar-refractivity contribution in [2.45, 2.75) is 44.2 Å². The van der Waals surface area contributed by atoms with Gasteiger partial charge in [0, 0.05) is 6.04 Å². The van der Waals surface area contributed by atoms with Crippen molar-refractivity contribution in [2.24, 2.45) is 5.92 Å². The highest BCUT2D eigenvalue weighted by Crippen LogP contribution is 2.21. The van der Waals surface area contributed by atoms with Crippen LogP contribution in [0.15, 0.2) is 0 Å². The summed E-state index contributed by atoms with van der Waals surface area (Å²) in [6.07, 6.45) is 3.21. The fraction of sp³-hybridized carbons (Fsp3) is 0.909. The SMILES string of the molecule is O=C(NC1CCC(O)CC1)[C@H]1CCS(=O)(=O)C1. The Hall–Kier alpha value is -0.620. The zero-order valence-electron chi connectivity index (χ0n) is 9.76. The van der Waals surface area contributed by atoms with Crippen LogP contribution < -0.4 is 5.32 Å². The highest BCUT2D eigenvalue weighted by atomic mass is 32.2. The molecule has 0 bridgehead atoms. The van der Waals surface area contributed by atoms with Gasteiger partial charge in [-0.2, -0.15) is 0 Å². The van der Waals surface area contributed by atoms with Crippen molar-refractivity contribution < 1.29 is 18.3 Å².